The van der Waals surface area contributed by atoms with Gasteiger partial charge in [0.25, 0.3) is 0 Å². The highest BCUT2D eigenvalue weighted by molar-refractivity contribution is 6.30. The van der Waals surface area contributed by atoms with Crippen molar-refractivity contribution in [3.05, 3.63) is 34.9 Å². The van der Waals surface area contributed by atoms with Gasteiger partial charge in [0.05, 0.1) is 5.41 Å². The molecule has 0 spiro atoms. The van der Waals surface area contributed by atoms with Crippen LogP contribution in [0.15, 0.2) is 24.3 Å². The summed E-state index contributed by atoms with van der Waals surface area (Å²) < 4.78 is 0. The third-order valence-electron chi connectivity index (χ3n) is 5.18. The van der Waals surface area contributed by atoms with E-state index in [0.717, 1.165) is 50.6 Å². The van der Waals surface area contributed by atoms with E-state index in [2.05, 4.69) is 30.9 Å². The predicted octanol–water partition coefficient (Wildman–Crippen LogP) is 3.59. The molecule has 2 rings (SSSR count). The van der Waals surface area contributed by atoms with Gasteiger partial charge in [0.2, 0.25) is 5.91 Å². The second-order valence-electron chi connectivity index (χ2n) is 6.39. The Morgan fingerprint density at radius 2 is 1.60 bits per heavy atom. The molecule has 0 atom stereocenters. The highest BCUT2D eigenvalue weighted by Crippen LogP contribution is 2.28. The number of carbonyl (C=O) groups excluding carboxylic acids is 1. The minimum Gasteiger partial charge on any atom is -0.340 e. The van der Waals surface area contributed by atoms with Crippen LogP contribution in [-0.4, -0.2) is 48.4 Å². The van der Waals surface area contributed by atoms with Crippen LogP contribution in [0, 0.1) is 5.41 Å². The summed E-state index contributed by atoms with van der Waals surface area (Å²) in [5, 5.41) is 0.765. The van der Waals surface area contributed by atoms with Crippen molar-refractivity contribution in [1.82, 2.24) is 9.80 Å². The molecule has 144 valence electrons. The summed E-state index contributed by atoms with van der Waals surface area (Å²) in [5.41, 5.74) is 6.79. The molecular formula is C18H30Cl3N3O. The van der Waals surface area contributed by atoms with Gasteiger partial charge in [0.1, 0.15) is 0 Å². The molecule has 0 unspecified atom stereocenters. The maximum Gasteiger partial charge on any atom is 0.230 e. The summed E-state index contributed by atoms with van der Waals surface area (Å²) in [7, 11) is 0. The first-order valence-corrected chi connectivity index (χ1v) is 8.88. The zero-order valence-corrected chi connectivity index (χ0v) is 17.4. The first-order chi connectivity index (χ1) is 11.0. The molecule has 25 heavy (non-hydrogen) atoms. The van der Waals surface area contributed by atoms with E-state index in [1.54, 1.807) is 0 Å². The number of piperazine rings is 1. The van der Waals surface area contributed by atoms with E-state index in [0.29, 0.717) is 6.54 Å². The van der Waals surface area contributed by atoms with Crippen molar-refractivity contribution in [2.75, 3.05) is 32.7 Å². The first kappa shape index (κ1) is 24.5. The van der Waals surface area contributed by atoms with Crippen LogP contribution in [0.25, 0.3) is 0 Å². The predicted molar refractivity (Wildman–Crippen MR) is 110 cm³/mol. The fourth-order valence-corrected chi connectivity index (χ4v) is 3.35. The molecule has 1 amide bonds. The van der Waals surface area contributed by atoms with Crippen molar-refractivity contribution in [1.29, 1.82) is 0 Å². The van der Waals surface area contributed by atoms with Crippen molar-refractivity contribution < 1.29 is 4.79 Å². The van der Waals surface area contributed by atoms with E-state index in [9.17, 15) is 4.79 Å². The number of nitrogens with zero attached hydrogens (tertiary/aromatic N) is 2. The minimum absolute atomic E-state index is 0. The lowest BCUT2D eigenvalue weighted by Gasteiger charge is -2.40. The number of carbonyl (C=O) groups is 1. The van der Waals surface area contributed by atoms with Gasteiger partial charge in [-0.2, -0.15) is 0 Å². The van der Waals surface area contributed by atoms with Gasteiger partial charge in [-0.05, 0) is 30.5 Å². The number of benzene rings is 1. The molecule has 1 aliphatic rings. The topological polar surface area (TPSA) is 49.6 Å². The fraction of sp³-hybridized carbons (Fsp3) is 0.611. The number of amides is 1. The van der Waals surface area contributed by atoms with Crippen molar-refractivity contribution in [2.45, 2.75) is 33.2 Å². The first-order valence-electron chi connectivity index (χ1n) is 8.51. The molecule has 0 aromatic heterocycles. The summed E-state index contributed by atoms with van der Waals surface area (Å²) in [6, 6.07) is 7.98. The average Bonchev–Trinajstić information content (AvgIpc) is 2.59. The maximum atomic E-state index is 12.8. The summed E-state index contributed by atoms with van der Waals surface area (Å²) in [6.45, 7) is 8.84. The minimum atomic E-state index is -0.377. The lowest BCUT2D eigenvalue weighted by molar-refractivity contribution is -0.144. The molecule has 1 aliphatic heterocycles. The van der Waals surface area contributed by atoms with Crippen LogP contribution >= 0.6 is 36.4 Å². The van der Waals surface area contributed by atoms with Crippen LogP contribution in [0.3, 0.4) is 0 Å². The highest BCUT2D eigenvalue weighted by Gasteiger charge is 2.37. The van der Waals surface area contributed by atoms with Crippen molar-refractivity contribution in [3.63, 3.8) is 0 Å². The molecule has 0 saturated carbocycles. The lowest BCUT2D eigenvalue weighted by Crippen LogP contribution is -2.54. The van der Waals surface area contributed by atoms with Gasteiger partial charge in [0, 0.05) is 44.3 Å². The van der Waals surface area contributed by atoms with Crippen LogP contribution < -0.4 is 5.73 Å². The SMILES string of the molecule is CCC(CC)(CN)C(=O)N1CCN(Cc2ccc(Cl)cc2)CC1.Cl.Cl. The molecule has 1 fully saturated rings. The molecule has 2 N–H and O–H groups in total. The lowest BCUT2D eigenvalue weighted by atomic mass is 9.81. The van der Waals surface area contributed by atoms with Gasteiger partial charge in [-0.1, -0.05) is 37.6 Å². The normalized spacial score (nSPS) is 15.3. The third kappa shape index (κ3) is 6.00. The van der Waals surface area contributed by atoms with Gasteiger partial charge < -0.3 is 10.6 Å². The molecule has 1 aromatic rings. The van der Waals surface area contributed by atoms with E-state index in [1.807, 2.05) is 17.0 Å². The van der Waals surface area contributed by atoms with Gasteiger partial charge in [-0.25, -0.2) is 0 Å². The Morgan fingerprint density at radius 3 is 2.04 bits per heavy atom. The van der Waals surface area contributed by atoms with E-state index in [1.165, 1.54) is 5.56 Å². The standard InChI is InChI=1S/C18H28ClN3O.2ClH/c1-3-18(4-2,14-20)17(23)22-11-9-21(10-12-22)13-15-5-7-16(19)8-6-15;;/h5-8H,3-4,9-14,20H2,1-2H3;2*1H. The molecule has 1 aromatic carbocycles. The van der Waals surface area contributed by atoms with Crippen LogP contribution in [0.2, 0.25) is 5.02 Å². The Morgan fingerprint density at radius 1 is 1.08 bits per heavy atom. The van der Waals surface area contributed by atoms with E-state index in [4.69, 9.17) is 17.3 Å². The van der Waals surface area contributed by atoms with Crippen LogP contribution in [0.5, 0.6) is 0 Å². The second-order valence-corrected chi connectivity index (χ2v) is 6.82. The molecule has 7 heteroatoms. The Bertz CT molecular complexity index is 505. The van der Waals surface area contributed by atoms with Crippen LogP contribution in [0.1, 0.15) is 32.3 Å². The number of halogens is 3. The molecule has 0 bridgehead atoms. The summed E-state index contributed by atoms with van der Waals surface area (Å²) >= 11 is 5.92. The summed E-state index contributed by atoms with van der Waals surface area (Å²) in [4.78, 5) is 17.2. The smallest absolute Gasteiger partial charge is 0.230 e. The zero-order chi connectivity index (χ0) is 16.9. The van der Waals surface area contributed by atoms with E-state index >= 15 is 0 Å². The van der Waals surface area contributed by atoms with E-state index in [-0.39, 0.29) is 36.1 Å². The molecule has 0 radical (unpaired) electrons. The van der Waals surface area contributed by atoms with Gasteiger partial charge in [0.15, 0.2) is 0 Å². The number of hydrogen-bond acceptors (Lipinski definition) is 3. The molecule has 1 heterocycles. The number of rotatable bonds is 6. The highest BCUT2D eigenvalue weighted by atomic mass is 35.5. The summed E-state index contributed by atoms with van der Waals surface area (Å²) in [5.74, 6) is 0.233. The van der Waals surface area contributed by atoms with Gasteiger partial charge in [-0.3, -0.25) is 9.69 Å². The summed E-state index contributed by atoms with van der Waals surface area (Å²) in [6.07, 6.45) is 1.62. The molecular weight excluding hydrogens is 381 g/mol. The largest absolute Gasteiger partial charge is 0.340 e. The van der Waals surface area contributed by atoms with Crippen molar-refractivity contribution in [2.24, 2.45) is 11.1 Å². The molecule has 4 nitrogen and oxygen atoms in total. The molecule has 1 saturated heterocycles. The van der Waals surface area contributed by atoms with Gasteiger partial charge >= 0.3 is 0 Å². The Balaban J connectivity index is 0.00000288. The van der Waals surface area contributed by atoms with Crippen LogP contribution in [0.4, 0.5) is 0 Å². The molecule has 0 aliphatic carbocycles. The third-order valence-corrected chi connectivity index (χ3v) is 5.43. The quantitative estimate of drug-likeness (QED) is 0.779. The second kappa shape index (κ2) is 11.2. The zero-order valence-electron chi connectivity index (χ0n) is 15.0. The van der Waals surface area contributed by atoms with E-state index < -0.39 is 0 Å². The number of hydrogen-bond donors (Lipinski definition) is 1. The fourth-order valence-electron chi connectivity index (χ4n) is 3.22. The Hall–Kier alpha value is -0.520. The van der Waals surface area contributed by atoms with Crippen LogP contribution in [-0.2, 0) is 11.3 Å². The monoisotopic (exact) mass is 409 g/mol. The van der Waals surface area contributed by atoms with Gasteiger partial charge in [-0.15, -0.1) is 24.8 Å². The Kier molecular flexibility index (Phi) is 11.0. The maximum absolute atomic E-state index is 12.8. The number of nitrogens with two attached hydrogens (primary N) is 1. The Labute approximate surface area is 168 Å². The van der Waals surface area contributed by atoms with Crippen molar-refractivity contribution in [3.8, 4) is 0 Å². The van der Waals surface area contributed by atoms with Crippen molar-refractivity contribution >= 4 is 42.3 Å². The average molecular weight is 411 g/mol.